The van der Waals surface area contributed by atoms with Crippen molar-refractivity contribution in [2.45, 2.75) is 26.7 Å². The van der Waals surface area contributed by atoms with E-state index in [1.165, 1.54) is 7.11 Å². The molecule has 0 radical (unpaired) electrons. The lowest BCUT2D eigenvalue weighted by molar-refractivity contribution is -0.157. The predicted molar refractivity (Wildman–Crippen MR) is 42.7 cm³/mol. The Balaban J connectivity index is 4.44. The standard InChI is InChI=1S/C8H14O4/c1-4-8(2,5-6(9)10)7(11)12-3/h4-5H2,1-3H3,(H,9,10). The third-order valence-corrected chi connectivity index (χ3v) is 2.00. The molecule has 0 saturated carbocycles. The molecule has 0 spiro atoms. The summed E-state index contributed by atoms with van der Waals surface area (Å²) in [7, 11) is 1.26. The Kier molecular flexibility index (Phi) is 3.73. The second-order valence-electron chi connectivity index (χ2n) is 2.98. The average Bonchev–Trinajstić information content (AvgIpc) is 2.01. The molecule has 0 aliphatic carbocycles. The molecular formula is C8H14O4. The molecule has 0 aromatic rings. The van der Waals surface area contributed by atoms with Gasteiger partial charge in [-0.1, -0.05) is 6.92 Å². The van der Waals surface area contributed by atoms with Crippen LogP contribution < -0.4 is 0 Å². The van der Waals surface area contributed by atoms with E-state index >= 15 is 0 Å². The molecule has 1 atom stereocenters. The van der Waals surface area contributed by atoms with Crippen LogP contribution in [0.3, 0.4) is 0 Å². The van der Waals surface area contributed by atoms with Gasteiger partial charge >= 0.3 is 11.9 Å². The Bertz CT molecular complexity index is 187. The Hall–Kier alpha value is -1.06. The van der Waals surface area contributed by atoms with Gasteiger partial charge in [-0.05, 0) is 13.3 Å². The Morgan fingerprint density at radius 1 is 1.50 bits per heavy atom. The van der Waals surface area contributed by atoms with Gasteiger partial charge in [0.15, 0.2) is 0 Å². The van der Waals surface area contributed by atoms with Crippen LogP contribution in [0, 0.1) is 5.41 Å². The van der Waals surface area contributed by atoms with Crippen molar-refractivity contribution in [1.82, 2.24) is 0 Å². The summed E-state index contributed by atoms with van der Waals surface area (Å²) in [6.07, 6.45) is 0.280. The van der Waals surface area contributed by atoms with E-state index in [2.05, 4.69) is 4.74 Å². The van der Waals surface area contributed by atoms with Crippen molar-refractivity contribution in [1.29, 1.82) is 0 Å². The number of aliphatic carboxylic acids is 1. The maximum atomic E-state index is 11.1. The normalized spacial score (nSPS) is 14.9. The maximum Gasteiger partial charge on any atom is 0.312 e. The van der Waals surface area contributed by atoms with Crippen LogP contribution >= 0.6 is 0 Å². The molecule has 4 heteroatoms. The summed E-state index contributed by atoms with van der Waals surface area (Å²) < 4.78 is 4.50. The number of methoxy groups -OCH3 is 1. The molecule has 1 N–H and O–H groups in total. The molecule has 70 valence electrons. The summed E-state index contributed by atoms with van der Waals surface area (Å²) >= 11 is 0. The number of carboxylic acids is 1. The molecular weight excluding hydrogens is 160 g/mol. The molecule has 0 aliphatic heterocycles. The van der Waals surface area contributed by atoms with Gasteiger partial charge in [-0.25, -0.2) is 0 Å². The Labute approximate surface area is 71.5 Å². The lowest BCUT2D eigenvalue weighted by Crippen LogP contribution is -2.31. The third-order valence-electron chi connectivity index (χ3n) is 2.00. The van der Waals surface area contributed by atoms with Gasteiger partial charge in [0.25, 0.3) is 0 Å². The molecule has 0 rings (SSSR count). The summed E-state index contributed by atoms with van der Waals surface area (Å²) in [4.78, 5) is 21.5. The summed E-state index contributed by atoms with van der Waals surface area (Å²) in [5.74, 6) is -1.45. The van der Waals surface area contributed by atoms with Gasteiger partial charge in [0, 0.05) is 0 Å². The van der Waals surface area contributed by atoms with Gasteiger partial charge < -0.3 is 9.84 Å². The topological polar surface area (TPSA) is 63.6 Å². The van der Waals surface area contributed by atoms with Crippen LogP contribution in [0.1, 0.15) is 26.7 Å². The van der Waals surface area contributed by atoms with E-state index in [4.69, 9.17) is 5.11 Å². The van der Waals surface area contributed by atoms with Gasteiger partial charge in [0.1, 0.15) is 0 Å². The van der Waals surface area contributed by atoms with Crippen molar-refractivity contribution in [3.8, 4) is 0 Å². The summed E-state index contributed by atoms with van der Waals surface area (Å²) in [5.41, 5.74) is -0.888. The molecule has 0 bridgehead atoms. The lowest BCUT2D eigenvalue weighted by Gasteiger charge is -2.22. The van der Waals surface area contributed by atoms with E-state index in [1.54, 1.807) is 13.8 Å². The molecule has 12 heavy (non-hydrogen) atoms. The van der Waals surface area contributed by atoms with Crippen LogP contribution in [0.15, 0.2) is 0 Å². The highest BCUT2D eigenvalue weighted by molar-refractivity contribution is 5.82. The zero-order valence-corrected chi connectivity index (χ0v) is 7.59. The van der Waals surface area contributed by atoms with Gasteiger partial charge in [-0.15, -0.1) is 0 Å². The minimum Gasteiger partial charge on any atom is -0.481 e. The highest BCUT2D eigenvalue weighted by Gasteiger charge is 2.34. The highest BCUT2D eigenvalue weighted by Crippen LogP contribution is 2.26. The van der Waals surface area contributed by atoms with Gasteiger partial charge in [-0.3, -0.25) is 9.59 Å². The van der Waals surface area contributed by atoms with Crippen LogP contribution in [-0.2, 0) is 14.3 Å². The zero-order valence-electron chi connectivity index (χ0n) is 7.59. The molecule has 1 unspecified atom stereocenters. The Morgan fingerprint density at radius 2 is 2.00 bits per heavy atom. The van der Waals surface area contributed by atoms with Gasteiger partial charge in [0.05, 0.1) is 18.9 Å². The molecule has 0 saturated heterocycles. The molecule has 0 heterocycles. The number of carbonyl (C=O) groups is 2. The first-order valence-corrected chi connectivity index (χ1v) is 3.76. The fourth-order valence-electron chi connectivity index (χ4n) is 0.922. The van der Waals surface area contributed by atoms with Crippen molar-refractivity contribution in [2.75, 3.05) is 7.11 Å². The fourth-order valence-corrected chi connectivity index (χ4v) is 0.922. The largest absolute Gasteiger partial charge is 0.481 e. The first kappa shape index (κ1) is 10.9. The van der Waals surface area contributed by atoms with Crippen LogP contribution in [0.2, 0.25) is 0 Å². The Morgan fingerprint density at radius 3 is 2.25 bits per heavy atom. The summed E-state index contributed by atoms with van der Waals surface area (Å²) in [6.45, 7) is 3.35. The quantitative estimate of drug-likeness (QED) is 0.647. The lowest BCUT2D eigenvalue weighted by atomic mass is 9.84. The predicted octanol–water partition coefficient (Wildman–Crippen LogP) is 1.05. The number of carboxylic acid groups (broad SMARTS) is 1. The number of hydrogen-bond donors (Lipinski definition) is 1. The molecule has 0 fully saturated rings. The van der Waals surface area contributed by atoms with Crippen molar-refractivity contribution in [2.24, 2.45) is 5.41 Å². The van der Waals surface area contributed by atoms with E-state index in [1.807, 2.05) is 0 Å². The van der Waals surface area contributed by atoms with Gasteiger partial charge in [-0.2, -0.15) is 0 Å². The smallest absolute Gasteiger partial charge is 0.312 e. The first-order valence-electron chi connectivity index (χ1n) is 3.76. The fraction of sp³-hybridized carbons (Fsp3) is 0.750. The van der Waals surface area contributed by atoms with E-state index in [0.717, 1.165) is 0 Å². The van der Waals surface area contributed by atoms with Crippen molar-refractivity contribution >= 4 is 11.9 Å². The second-order valence-corrected chi connectivity index (χ2v) is 2.98. The summed E-state index contributed by atoms with van der Waals surface area (Å²) in [6, 6.07) is 0. The van der Waals surface area contributed by atoms with Crippen LogP contribution in [-0.4, -0.2) is 24.2 Å². The van der Waals surface area contributed by atoms with Crippen LogP contribution in [0.25, 0.3) is 0 Å². The van der Waals surface area contributed by atoms with Crippen molar-refractivity contribution in [3.63, 3.8) is 0 Å². The van der Waals surface area contributed by atoms with Crippen molar-refractivity contribution in [3.05, 3.63) is 0 Å². The van der Waals surface area contributed by atoms with E-state index < -0.39 is 17.4 Å². The molecule has 4 nitrogen and oxygen atoms in total. The molecule has 0 aromatic carbocycles. The molecule has 0 aromatic heterocycles. The zero-order chi connectivity index (χ0) is 9.78. The SMILES string of the molecule is CCC(C)(CC(=O)O)C(=O)OC. The van der Waals surface area contributed by atoms with Crippen molar-refractivity contribution < 1.29 is 19.4 Å². The van der Waals surface area contributed by atoms with E-state index in [0.29, 0.717) is 6.42 Å². The monoisotopic (exact) mass is 174 g/mol. The number of carbonyl (C=O) groups excluding carboxylic acids is 1. The second kappa shape index (κ2) is 4.09. The number of ether oxygens (including phenoxy) is 1. The minimum atomic E-state index is -0.982. The van der Waals surface area contributed by atoms with E-state index in [-0.39, 0.29) is 6.42 Å². The first-order chi connectivity index (χ1) is 5.46. The summed E-state index contributed by atoms with van der Waals surface area (Å²) in [5, 5.41) is 8.52. The number of rotatable bonds is 4. The van der Waals surface area contributed by atoms with Crippen LogP contribution in [0.4, 0.5) is 0 Å². The third kappa shape index (κ3) is 2.53. The van der Waals surface area contributed by atoms with Crippen LogP contribution in [0.5, 0.6) is 0 Å². The minimum absolute atomic E-state index is 0.184. The average molecular weight is 174 g/mol. The number of esters is 1. The number of hydrogen-bond acceptors (Lipinski definition) is 3. The molecule has 0 amide bonds. The van der Waals surface area contributed by atoms with Gasteiger partial charge in [0.2, 0.25) is 0 Å². The maximum absolute atomic E-state index is 11.1. The van der Waals surface area contributed by atoms with E-state index in [9.17, 15) is 9.59 Å². The molecule has 0 aliphatic rings. The highest BCUT2D eigenvalue weighted by atomic mass is 16.5.